The van der Waals surface area contributed by atoms with E-state index in [0.717, 1.165) is 11.1 Å². The zero-order chi connectivity index (χ0) is 23.6. The van der Waals surface area contributed by atoms with Gasteiger partial charge in [0.15, 0.2) is 11.5 Å². The number of halogens is 1. The molecule has 172 valence electrons. The van der Waals surface area contributed by atoms with Crippen LogP contribution in [0.2, 0.25) is 0 Å². The molecule has 3 aromatic carbocycles. The molecule has 6 nitrogen and oxygen atoms in total. The number of benzene rings is 3. The Labute approximate surface area is 192 Å². The van der Waals surface area contributed by atoms with Crippen LogP contribution in [-0.4, -0.2) is 44.0 Å². The maximum atomic E-state index is 13.3. The maximum Gasteiger partial charge on any atom is 0.254 e. The summed E-state index contributed by atoms with van der Waals surface area (Å²) >= 11 is 0. The van der Waals surface area contributed by atoms with Gasteiger partial charge in [-0.3, -0.25) is 9.59 Å². The molecule has 0 saturated carbocycles. The normalized spacial score (nSPS) is 10.4. The van der Waals surface area contributed by atoms with E-state index in [9.17, 15) is 14.0 Å². The minimum atomic E-state index is -0.335. The van der Waals surface area contributed by atoms with Crippen molar-refractivity contribution in [2.75, 3.05) is 27.3 Å². The Hall–Kier alpha value is -3.87. The number of nitrogens with one attached hydrogen (secondary N) is 1. The van der Waals surface area contributed by atoms with Crippen LogP contribution in [0.25, 0.3) is 0 Å². The lowest BCUT2D eigenvalue weighted by Gasteiger charge is -2.23. The van der Waals surface area contributed by atoms with Gasteiger partial charge in [0, 0.05) is 18.7 Å². The van der Waals surface area contributed by atoms with Crippen molar-refractivity contribution in [2.45, 2.75) is 13.0 Å². The molecule has 2 amide bonds. The largest absolute Gasteiger partial charge is 0.493 e. The third-order valence-corrected chi connectivity index (χ3v) is 5.17. The molecule has 0 unspecified atom stereocenters. The number of carbonyl (C=O) groups is 2. The first-order chi connectivity index (χ1) is 16.0. The number of nitrogens with zero attached hydrogens (tertiary/aromatic N) is 1. The van der Waals surface area contributed by atoms with Crippen LogP contribution in [0.5, 0.6) is 11.5 Å². The van der Waals surface area contributed by atoms with Gasteiger partial charge >= 0.3 is 0 Å². The molecule has 0 aliphatic heterocycles. The predicted octanol–water partition coefficient (Wildman–Crippen LogP) is 3.84. The third kappa shape index (κ3) is 6.80. The lowest BCUT2D eigenvalue weighted by molar-refractivity contribution is -0.122. The molecule has 7 heteroatoms. The highest BCUT2D eigenvalue weighted by atomic mass is 19.1. The first-order valence-corrected chi connectivity index (χ1v) is 10.6. The molecule has 0 atom stereocenters. The van der Waals surface area contributed by atoms with Crippen molar-refractivity contribution in [3.05, 3.63) is 95.3 Å². The van der Waals surface area contributed by atoms with Gasteiger partial charge in [0.2, 0.25) is 5.91 Å². The molecular weight excluding hydrogens is 423 g/mol. The van der Waals surface area contributed by atoms with Crippen LogP contribution in [0, 0.1) is 5.82 Å². The Morgan fingerprint density at radius 3 is 2.24 bits per heavy atom. The molecule has 3 rings (SSSR count). The van der Waals surface area contributed by atoms with Gasteiger partial charge in [-0.25, -0.2) is 4.39 Å². The van der Waals surface area contributed by atoms with E-state index in [1.165, 1.54) is 31.3 Å². The molecule has 0 radical (unpaired) electrons. The van der Waals surface area contributed by atoms with Gasteiger partial charge in [-0.15, -0.1) is 0 Å². The lowest BCUT2D eigenvalue weighted by atomic mass is 10.1. The van der Waals surface area contributed by atoms with Crippen molar-refractivity contribution in [1.82, 2.24) is 10.2 Å². The van der Waals surface area contributed by atoms with Crippen LogP contribution >= 0.6 is 0 Å². The average Bonchev–Trinajstić information content (AvgIpc) is 2.85. The van der Waals surface area contributed by atoms with Crippen LogP contribution in [0.1, 0.15) is 21.5 Å². The summed E-state index contributed by atoms with van der Waals surface area (Å²) in [4.78, 5) is 27.4. The monoisotopic (exact) mass is 450 g/mol. The second-order valence-electron chi connectivity index (χ2n) is 7.44. The molecule has 0 aliphatic carbocycles. The smallest absolute Gasteiger partial charge is 0.254 e. The summed E-state index contributed by atoms with van der Waals surface area (Å²) < 4.78 is 23.6. The van der Waals surface area contributed by atoms with E-state index in [4.69, 9.17) is 9.47 Å². The standard InChI is InChI=1S/C26H27FN2O4/c1-32-23-13-10-21(16-24(23)33-2)26(31)29(15-14-19-6-4-3-5-7-19)18-25(30)28-17-20-8-11-22(27)12-9-20/h3-13,16H,14-15,17-18H2,1-2H3,(H,28,30). The first-order valence-electron chi connectivity index (χ1n) is 10.6. The maximum absolute atomic E-state index is 13.3. The van der Waals surface area contributed by atoms with Crippen molar-refractivity contribution in [3.8, 4) is 11.5 Å². The molecule has 0 fully saturated rings. The van der Waals surface area contributed by atoms with Gasteiger partial charge in [-0.1, -0.05) is 42.5 Å². The van der Waals surface area contributed by atoms with Crippen molar-refractivity contribution < 1.29 is 23.5 Å². The minimum Gasteiger partial charge on any atom is -0.493 e. The Balaban J connectivity index is 1.72. The second-order valence-corrected chi connectivity index (χ2v) is 7.44. The van der Waals surface area contributed by atoms with Gasteiger partial charge in [0.25, 0.3) is 5.91 Å². The van der Waals surface area contributed by atoms with Crippen molar-refractivity contribution in [2.24, 2.45) is 0 Å². The fourth-order valence-electron chi connectivity index (χ4n) is 3.35. The number of ether oxygens (including phenoxy) is 2. The van der Waals surface area contributed by atoms with Gasteiger partial charge in [-0.05, 0) is 47.9 Å². The van der Waals surface area contributed by atoms with E-state index in [2.05, 4.69) is 5.32 Å². The molecule has 0 aromatic heterocycles. The van der Waals surface area contributed by atoms with Crippen molar-refractivity contribution in [3.63, 3.8) is 0 Å². The van der Waals surface area contributed by atoms with E-state index in [-0.39, 0.29) is 30.7 Å². The number of hydrogen-bond acceptors (Lipinski definition) is 4. The fraction of sp³-hybridized carbons (Fsp3) is 0.231. The predicted molar refractivity (Wildman–Crippen MR) is 124 cm³/mol. The molecule has 0 spiro atoms. The second kappa shape index (κ2) is 11.7. The average molecular weight is 451 g/mol. The third-order valence-electron chi connectivity index (χ3n) is 5.17. The minimum absolute atomic E-state index is 0.110. The highest BCUT2D eigenvalue weighted by Crippen LogP contribution is 2.28. The summed E-state index contributed by atoms with van der Waals surface area (Å²) in [5, 5.41) is 2.79. The summed E-state index contributed by atoms with van der Waals surface area (Å²) in [6.07, 6.45) is 0.602. The van der Waals surface area contributed by atoms with Crippen LogP contribution < -0.4 is 14.8 Å². The van der Waals surface area contributed by atoms with E-state index < -0.39 is 0 Å². The molecule has 33 heavy (non-hydrogen) atoms. The number of methoxy groups -OCH3 is 2. The molecular formula is C26H27FN2O4. The quantitative estimate of drug-likeness (QED) is 0.510. The van der Waals surface area contributed by atoms with E-state index >= 15 is 0 Å². The van der Waals surface area contributed by atoms with Gasteiger partial charge in [0.05, 0.1) is 20.8 Å². The summed E-state index contributed by atoms with van der Waals surface area (Å²) in [5.41, 5.74) is 2.23. The van der Waals surface area contributed by atoms with Crippen molar-refractivity contribution >= 4 is 11.8 Å². The zero-order valence-electron chi connectivity index (χ0n) is 18.7. The number of carbonyl (C=O) groups excluding carboxylic acids is 2. The van der Waals surface area contributed by atoms with Crippen LogP contribution in [0.4, 0.5) is 4.39 Å². The van der Waals surface area contributed by atoms with Crippen LogP contribution in [0.3, 0.4) is 0 Å². The molecule has 1 N–H and O–H groups in total. The van der Waals surface area contributed by atoms with Gasteiger partial charge in [-0.2, -0.15) is 0 Å². The number of hydrogen-bond donors (Lipinski definition) is 1. The zero-order valence-corrected chi connectivity index (χ0v) is 18.7. The highest BCUT2D eigenvalue weighted by Gasteiger charge is 2.20. The Morgan fingerprint density at radius 1 is 0.879 bits per heavy atom. The molecule has 0 heterocycles. The van der Waals surface area contributed by atoms with Gasteiger partial charge in [0.1, 0.15) is 5.82 Å². The summed E-state index contributed by atoms with van der Waals surface area (Å²) in [5.74, 6) is 0.0248. The summed E-state index contributed by atoms with van der Waals surface area (Å²) in [6, 6.07) is 20.6. The fourth-order valence-corrected chi connectivity index (χ4v) is 3.35. The number of amides is 2. The summed E-state index contributed by atoms with van der Waals surface area (Å²) in [7, 11) is 3.03. The Morgan fingerprint density at radius 2 is 1.58 bits per heavy atom. The van der Waals surface area contributed by atoms with E-state index in [0.29, 0.717) is 30.0 Å². The SMILES string of the molecule is COc1ccc(C(=O)N(CCc2ccccc2)CC(=O)NCc2ccc(F)cc2)cc1OC. The van der Waals surface area contributed by atoms with E-state index in [1.807, 2.05) is 30.3 Å². The molecule has 0 aliphatic rings. The molecule has 3 aromatic rings. The topological polar surface area (TPSA) is 67.9 Å². The highest BCUT2D eigenvalue weighted by molar-refractivity contribution is 5.97. The number of rotatable bonds is 10. The first kappa shape index (κ1) is 23.8. The molecule has 0 saturated heterocycles. The molecule has 0 bridgehead atoms. The van der Waals surface area contributed by atoms with Crippen molar-refractivity contribution in [1.29, 1.82) is 0 Å². The van der Waals surface area contributed by atoms with E-state index in [1.54, 1.807) is 30.3 Å². The Bertz CT molecular complexity index is 1070. The van der Waals surface area contributed by atoms with Crippen LogP contribution in [0.15, 0.2) is 72.8 Å². The van der Waals surface area contributed by atoms with Gasteiger partial charge < -0.3 is 19.7 Å². The Kier molecular flexibility index (Phi) is 8.41. The van der Waals surface area contributed by atoms with Crippen LogP contribution in [-0.2, 0) is 17.8 Å². The summed E-state index contributed by atoms with van der Waals surface area (Å²) in [6.45, 7) is 0.499. The lowest BCUT2D eigenvalue weighted by Crippen LogP contribution is -2.41.